The van der Waals surface area contributed by atoms with E-state index in [4.69, 9.17) is 15.0 Å². The molecule has 0 aromatic carbocycles. The average Bonchev–Trinajstić information content (AvgIpc) is 2.85. The lowest BCUT2D eigenvalue weighted by Gasteiger charge is -1.95. The second-order valence-electron chi connectivity index (χ2n) is 2.64. The fourth-order valence-electron chi connectivity index (χ4n) is 1.03. The molecule has 2 heterocycles. The smallest absolute Gasteiger partial charge is 0.254 e. The molecule has 0 aliphatic rings. The predicted molar refractivity (Wildman–Crippen MR) is 54.4 cm³/mol. The fourth-order valence-corrected chi connectivity index (χ4v) is 1.70. The molecule has 0 fully saturated rings. The lowest BCUT2D eigenvalue weighted by Crippen LogP contribution is -2.10. The van der Waals surface area contributed by atoms with Crippen LogP contribution in [0.15, 0.2) is 28.1 Å². The van der Waals surface area contributed by atoms with Gasteiger partial charge < -0.3 is 15.0 Å². The fraction of sp³-hybridized carbons (Fsp3) is 0.222. The SMILES string of the molecule is NCCOc1cc(-c2cccs2)on1. The zero-order valence-corrected chi connectivity index (χ0v) is 8.29. The number of ether oxygens (including phenoxy) is 1. The minimum Gasteiger partial charge on any atom is -0.474 e. The van der Waals surface area contributed by atoms with E-state index in [1.807, 2.05) is 17.5 Å². The topological polar surface area (TPSA) is 61.3 Å². The molecule has 5 heteroatoms. The summed E-state index contributed by atoms with van der Waals surface area (Å²) in [4.78, 5) is 1.04. The number of aromatic nitrogens is 1. The van der Waals surface area contributed by atoms with Crippen LogP contribution in [0.3, 0.4) is 0 Å². The molecule has 0 amide bonds. The monoisotopic (exact) mass is 210 g/mol. The summed E-state index contributed by atoms with van der Waals surface area (Å²) >= 11 is 1.60. The Morgan fingerprint density at radius 2 is 2.50 bits per heavy atom. The first kappa shape index (κ1) is 9.23. The third kappa shape index (κ3) is 1.94. The van der Waals surface area contributed by atoms with Gasteiger partial charge in [-0.1, -0.05) is 6.07 Å². The summed E-state index contributed by atoms with van der Waals surface area (Å²) in [5, 5.41) is 5.75. The van der Waals surface area contributed by atoms with Crippen LogP contribution < -0.4 is 10.5 Å². The number of rotatable bonds is 4. The quantitative estimate of drug-likeness (QED) is 0.835. The Morgan fingerprint density at radius 1 is 1.57 bits per heavy atom. The summed E-state index contributed by atoms with van der Waals surface area (Å²) in [5.74, 6) is 1.21. The second-order valence-corrected chi connectivity index (χ2v) is 3.59. The molecule has 0 bridgehead atoms. The van der Waals surface area contributed by atoms with Crippen LogP contribution in [0, 0.1) is 0 Å². The van der Waals surface area contributed by atoms with E-state index in [1.165, 1.54) is 0 Å². The minimum absolute atomic E-state index is 0.455. The molecule has 0 saturated heterocycles. The summed E-state index contributed by atoms with van der Waals surface area (Å²) in [6, 6.07) is 5.70. The maximum Gasteiger partial charge on any atom is 0.254 e. The van der Waals surface area contributed by atoms with E-state index < -0.39 is 0 Å². The maximum absolute atomic E-state index is 5.30. The van der Waals surface area contributed by atoms with Crippen molar-refractivity contribution in [3.8, 4) is 16.5 Å². The van der Waals surface area contributed by atoms with Gasteiger partial charge in [0.05, 0.1) is 10.9 Å². The minimum atomic E-state index is 0.455. The molecule has 74 valence electrons. The summed E-state index contributed by atoms with van der Waals surface area (Å²) in [6.07, 6.45) is 0. The van der Waals surface area contributed by atoms with Gasteiger partial charge in [-0.05, 0) is 16.6 Å². The van der Waals surface area contributed by atoms with Gasteiger partial charge in [-0.2, -0.15) is 0 Å². The van der Waals surface area contributed by atoms with Gasteiger partial charge in [-0.15, -0.1) is 11.3 Å². The van der Waals surface area contributed by atoms with Crippen LogP contribution in [-0.2, 0) is 0 Å². The van der Waals surface area contributed by atoms with E-state index in [9.17, 15) is 0 Å². The van der Waals surface area contributed by atoms with Crippen LogP contribution >= 0.6 is 11.3 Å². The van der Waals surface area contributed by atoms with Crippen molar-refractivity contribution >= 4 is 11.3 Å². The lowest BCUT2D eigenvalue weighted by molar-refractivity contribution is 0.288. The average molecular weight is 210 g/mol. The highest BCUT2D eigenvalue weighted by Crippen LogP contribution is 2.27. The molecule has 2 N–H and O–H groups in total. The second kappa shape index (κ2) is 4.26. The first-order valence-corrected chi connectivity index (χ1v) is 5.11. The first-order chi connectivity index (χ1) is 6.90. The van der Waals surface area contributed by atoms with Gasteiger partial charge in [0.15, 0.2) is 5.76 Å². The van der Waals surface area contributed by atoms with Crippen LogP contribution in [-0.4, -0.2) is 18.3 Å². The van der Waals surface area contributed by atoms with Crippen LogP contribution in [0.5, 0.6) is 5.88 Å². The highest BCUT2D eigenvalue weighted by Gasteiger charge is 2.07. The summed E-state index contributed by atoms with van der Waals surface area (Å²) in [5.41, 5.74) is 5.30. The molecule has 0 atom stereocenters. The van der Waals surface area contributed by atoms with Gasteiger partial charge in [0.2, 0.25) is 0 Å². The van der Waals surface area contributed by atoms with E-state index in [2.05, 4.69) is 5.16 Å². The van der Waals surface area contributed by atoms with Crippen molar-refractivity contribution < 1.29 is 9.26 Å². The molecular weight excluding hydrogens is 200 g/mol. The van der Waals surface area contributed by atoms with Crippen LogP contribution in [0.25, 0.3) is 10.6 Å². The molecule has 0 unspecified atom stereocenters. The molecular formula is C9H10N2O2S. The Bertz CT molecular complexity index is 383. The zero-order chi connectivity index (χ0) is 9.80. The summed E-state index contributed by atoms with van der Waals surface area (Å²) in [7, 11) is 0. The van der Waals surface area contributed by atoms with Crippen molar-refractivity contribution in [1.82, 2.24) is 5.16 Å². The number of nitrogens with two attached hydrogens (primary N) is 1. The number of thiophene rings is 1. The Labute approximate surface area is 85.3 Å². The molecule has 2 aromatic heterocycles. The first-order valence-electron chi connectivity index (χ1n) is 4.23. The van der Waals surface area contributed by atoms with E-state index in [-0.39, 0.29) is 0 Å². The van der Waals surface area contributed by atoms with Gasteiger partial charge in [0.1, 0.15) is 6.61 Å². The molecule has 0 radical (unpaired) electrons. The van der Waals surface area contributed by atoms with Crippen molar-refractivity contribution in [2.45, 2.75) is 0 Å². The molecule has 0 aliphatic heterocycles. The zero-order valence-electron chi connectivity index (χ0n) is 7.47. The van der Waals surface area contributed by atoms with Crippen molar-refractivity contribution in [3.05, 3.63) is 23.6 Å². The number of nitrogens with zero attached hydrogens (tertiary/aromatic N) is 1. The van der Waals surface area contributed by atoms with Gasteiger partial charge >= 0.3 is 0 Å². The van der Waals surface area contributed by atoms with E-state index >= 15 is 0 Å². The van der Waals surface area contributed by atoms with E-state index in [0.29, 0.717) is 19.0 Å². The van der Waals surface area contributed by atoms with Gasteiger partial charge in [0.25, 0.3) is 5.88 Å². The van der Waals surface area contributed by atoms with Crippen molar-refractivity contribution in [2.75, 3.05) is 13.2 Å². The Kier molecular flexibility index (Phi) is 2.81. The number of hydrogen-bond donors (Lipinski definition) is 1. The molecule has 2 rings (SSSR count). The Balaban J connectivity index is 2.10. The van der Waals surface area contributed by atoms with Crippen molar-refractivity contribution in [3.63, 3.8) is 0 Å². The normalized spacial score (nSPS) is 10.4. The van der Waals surface area contributed by atoms with Crippen LogP contribution in [0.2, 0.25) is 0 Å². The van der Waals surface area contributed by atoms with Gasteiger partial charge in [-0.3, -0.25) is 0 Å². The molecule has 0 saturated carbocycles. The van der Waals surface area contributed by atoms with Crippen LogP contribution in [0.1, 0.15) is 0 Å². The molecule has 0 aliphatic carbocycles. The highest BCUT2D eigenvalue weighted by atomic mass is 32.1. The Hall–Kier alpha value is -1.33. The molecule has 2 aromatic rings. The maximum atomic E-state index is 5.30. The molecule has 14 heavy (non-hydrogen) atoms. The van der Waals surface area contributed by atoms with Gasteiger partial charge in [0, 0.05) is 6.54 Å². The predicted octanol–water partition coefficient (Wildman–Crippen LogP) is 1.74. The standard InChI is InChI=1S/C9H10N2O2S/c10-3-4-12-9-6-7(13-11-9)8-2-1-5-14-8/h1-2,5-6H,3-4,10H2. The summed E-state index contributed by atoms with van der Waals surface area (Å²) in [6.45, 7) is 0.928. The van der Waals surface area contributed by atoms with E-state index in [1.54, 1.807) is 17.4 Å². The third-order valence-electron chi connectivity index (χ3n) is 1.62. The van der Waals surface area contributed by atoms with Crippen LogP contribution in [0.4, 0.5) is 0 Å². The molecule has 0 spiro atoms. The number of hydrogen-bond acceptors (Lipinski definition) is 5. The van der Waals surface area contributed by atoms with Crippen molar-refractivity contribution in [2.24, 2.45) is 5.73 Å². The largest absolute Gasteiger partial charge is 0.474 e. The Morgan fingerprint density at radius 3 is 3.21 bits per heavy atom. The van der Waals surface area contributed by atoms with E-state index in [0.717, 1.165) is 10.6 Å². The third-order valence-corrected chi connectivity index (χ3v) is 2.50. The lowest BCUT2D eigenvalue weighted by atomic mass is 10.4. The summed E-state index contributed by atoms with van der Waals surface area (Å²) < 4.78 is 10.3. The highest BCUT2D eigenvalue weighted by molar-refractivity contribution is 7.13. The van der Waals surface area contributed by atoms with Gasteiger partial charge in [-0.25, -0.2) is 0 Å². The molecule has 4 nitrogen and oxygen atoms in total. The van der Waals surface area contributed by atoms with Crippen molar-refractivity contribution in [1.29, 1.82) is 0 Å².